The third-order valence-corrected chi connectivity index (χ3v) is 1.74. The van der Waals surface area contributed by atoms with E-state index in [0.717, 1.165) is 11.6 Å². The molecule has 1 aromatic heterocycles. The van der Waals surface area contributed by atoms with Gasteiger partial charge in [0.25, 0.3) is 0 Å². The van der Waals surface area contributed by atoms with Crippen LogP contribution in [0.15, 0.2) is 0 Å². The molecule has 0 saturated heterocycles. The Balaban J connectivity index is 2.29. The molecule has 0 aromatic carbocycles. The van der Waals surface area contributed by atoms with E-state index in [9.17, 15) is 0 Å². The first kappa shape index (κ1) is 11.1. The minimum Gasteiger partial charge on any atom is -0.382 e. The first-order valence-electron chi connectivity index (χ1n) is 4.72. The van der Waals surface area contributed by atoms with E-state index in [2.05, 4.69) is 29.0 Å². The van der Waals surface area contributed by atoms with Crippen molar-refractivity contribution in [3.8, 4) is 0 Å². The van der Waals surface area contributed by atoms with Gasteiger partial charge in [-0.1, -0.05) is 13.8 Å². The second kappa shape index (κ2) is 5.72. The maximum absolute atomic E-state index is 5.29. The zero-order valence-corrected chi connectivity index (χ0v) is 8.91. The van der Waals surface area contributed by atoms with E-state index < -0.39 is 0 Å². The topological polar surface area (TPSA) is 60.0 Å². The summed E-state index contributed by atoms with van der Waals surface area (Å²) in [6.45, 7) is 5.75. The van der Waals surface area contributed by atoms with Crippen molar-refractivity contribution < 1.29 is 9.47 Å². The summed E-state index contributed by atoms with van der Waals surface area (Å²) in [5.74, 6) is 1.94. The molecule has 0 aliphatic heterocycles. The third kappa shape index (κ3) is 3.43. The van der Waals surface area contributed by atoms with E-state index >= 15 is 0 Å². The predicted molar refractivity (Wildman–Crippen MR) is 52.0 cm³/mol. The molecule has 1 heterocycles. The van der Waals surface area contributed by atoms with E-state index in [1.165, 1.54) is 0 Å². The van der Waals surface area contributed by atoms with Gasteiger partial charge in [0.1, 0.15) is 6.61 Å². The molecule has 0 aliphatic carbocycles. The Bertz CT molecular complexity index is 260. The molecule has 0 atom stereocenters. The van der Waals surface area contributed by atoms with Crippen molar-refractivity contribution in [2.24, 2.45) is 0 Å². The minimum atomic E-state index is 0.346. The molecule has 0 radical (unpaired) electrons. The average Bonchev–Trinajstić information content (AvgIpc) is 2.61. The molecule has 0 spiro atoms. The molecule has 14 heavy (non-hydrogen) atoms. The fourth-order valence-corrected chi connectivity index (χ4v) is 0.944. The quantitative estimate of drug-likeness (QED) is 0.697. The van der Waals surface area contributed by atoms with Gasteiger partial charge in [-0.3, -0.25) is 5.10 Å². The van der Waals surface area contributed by atoms with Crippen molar-refractivity contribution in [1.82, 2.24) is 15.2 Å². The van der Waals surface area contributed by atoms with E-state index in [0.29, 0.717) is 25.7 Å². The number of hydrogen-bond acceptors (Lipinski definition) is 4. The van der Waals surface area contributed by atoms with Crippen molar-refractivity contribution in [3.05, 3.63) is 11.6 Å². The van der Waals surface area contributed by atoms with E-state index in [-0.39, 0.29) is 0 Å². The van der Waals surface area contributed by atoms with Crippen molar-refractivity contribution >= 4 is 0 Å². The maximum Gasteiger partial charge on any atom is 0.153 e. The fourth-order valence-electron chi connectivity index (χ4n) is 0.944. The van der Waals surface area contributed by atoms with Crippen LogP contribution in [0.4, 0.5) is 0 Å². The van der Waals surface area contributed by atoms with Gasteiger partial charge in [0.2, 0.25) is 0 Å². The first-order chi connectivity index (χ1) is 6.74. The van der Waals surface area contributed by atoms with Gasteiger partial charge in [-0.25, -0.2) is 4.98 Å². The molecule has 0 saturated carbocycles. The van der Waals surface area contributed by atoms with Crippen LogP contribution in [0.5, 0.6) is 0 Å². The second-order valence-electron chi connectivity index (χ2n) is 3.34. The van der Waals surface area contributed by atoms with Gasteiger partial charge in [-0.2, -0.15) is 5.10 Å². The summed E-state index contributed by atoms with van der Waals surface area (Å²) < 4.78 is 10.1. The highest BCUT2D eigenvalue weighted by Crippen LogP contribution is 2.07. The summed E-state index contributed by atoms with van der Waals surface area (Å²) in [5, 5.41) is 6.90. The number of rotatable bonds is 6. The van der Waals surface area contributed by atoms with E-state index in [1.807, 2.05) is 0 Å². The van der Waals surface area contributed by atoms with Gasteiger partial charge in [0.15, 0.2) is 11.6 Å². The van der Waals surface area contributed by atoms with Crippen LogP contribution >= 0.6 is 0 Å². The lowest BCUT2D eigenvalue weighted by molar-refractivity contribution is 0.0587. The number of nitrogens with one attached hydrogen (secondary N) is 1. The van der Waals surface area contributed by atoms with Crippen LogP contribution in [0, 0.1) is 0 Å². The lowest BCUT2D eigenvalue weighted by atomic mass is 10.2. The molecular formula is C9H17N3O2. The van der Waals surface area contributed by atoms with Crippen LogP contribution < -0.4 is 0 Å². The number of H-pyrrole nitrogens is 1. The number of aromatic amines is 1. The Morgan fingerprint density at radius 2 is 2.14 bits per heavy atom. The molecular weight excluding hydrogens is 182 g/mol. The normalized spacial score (nSPS) is 11.1. The number of nitrogens with zero attached hydrogens (tertiary/aromatic N) is 2. The molecule has 5 heteroatoms. The smallest absolute Gasteiger partial charge is 0.153 e. The fraction of sp³-hybridized carbons (Fsp3) is 0.778. The van der Waals surface area contributed by atoms with Gasteiger partial charge in [-0.15, -0.1) is 0 Å². The van der Waals surface area contributed by atoms with E-state index in [4.69, 9.17) is 9.47 Å². The summed E-state index contributed by atoms with van der Waals surface area (Å²) in [4.78, 5) is 4.27. The lowest BCUT2D eigenvalue weighted by Gasteiger charge is -1.99. The molecule has 0 unspecified atom stereocenters. The largest absolute Gasteiger partial charge is 0.382 e. The summed E-state index contributed by atoms with van der Waals surface area (Å²) in [7, 11) is 1.65. The lowest BCUT2D eigenvalue weighted by Crippen LogP contribution is -2.02. The van der Waals surface area contributed by atoms with Crippen LogP contribution in [0.3, 0.4) is 0 Å². The Morgan fingerprint density at radius 3 is 2.71 bits per heavy atom. The van der Waals surface area contributed by atoms with Crippen molar-refractivity contribution in [2.75, 3.05) is 20.3 Å². The maximum atomic E-state index is 5.29. The van der Waals surface area contributed by atoms with Crippen molar-refractivity contribution in [3.63, 3.8) is 0 Å². The Labute approximate surface area is 83.8 Å². The minimum absolute atomic E-state index is 0.346. The Hall–Kier alpha value is -0.940. The molecule has 0 aliphatic rings. The van der Waals surface area contributed by atoms with Crippen molar-refractivity contribution in [2.45, 2.75) is 26.4 Å². The molecule has 5 nitrogen and oxygen atoms in total. The predicted octanol–water partition coefficient (Wildman–Crippen LogP) is 1.09. The number of ether oxygens (including phenoxy) is 2. The molecule has 1 N–H and O–H groups in total. The van der Waals surface area contributed by atoms with Crippen LogP contribution in [0.2, 0.25) is 0 Å². The monoisotopic (exact) mass is 199 g/mol. The summed E-state index contributed by atoms with van der Waals surface area (Å²) in [6, 6.07) is 0. The first-order valence-corrected chi connectivity index (χ1v) is 4.72. The average molecular weight is 199 g/mol. The summed E-state index contributed by atoms with van der Waals surface area (Å²) in [5.41, 5.74) is 0. The van der Waals surface area contributed by atoms with Gasteiger partial charge in [0, 0.05) is 13.0 Å². The molecule has 1 aromatic rings. The molecule has 80 valence electrons. The van der Waals surface area contributed by atoms with Gasteiger partial charge < -0.3 is 9.47 Å². The highest BCUT2D eigenvalue weighted by molar-refractivity contribution is 4.93. The molecule has 1 rings (SSSR count). The standard InChI is InChI=1S/C9H17N3O2/c1-7(2)9-10-8(11-12-9)6-14-5-4-13-3/h7H,4-6H2,1-3H3,(H,10,11,12). The molecule has 0 bridgehead atoms. The van der Waals surface area contributed by atoms with Gasteiger partial charge >= 0.3 is 0 Å². The van der Waals surface area contributed by atoms with Crippen LogP contribution in [0.25, 0.3) is 0 Å². The highest BCUT2D eigenvalue weighted by Gasteiger charge is 2.06. The molecule has 0 amide bonds. The van der Waals surface area contributed by atoms with E-state index in [1.54, 1.807) is 7.11 Å². The Kier molecular flexibility index (Phi) is 4.55. The van der Waals surface area contributed by atoms with Gasteiger partial charge in [0.05, 0.1) is 13.2 Å². The number of methoxy groups -OCH3 is 1. The zero-order valence-electron chi connectivity index (χ0n) is 8.91. The SMILES string of the molecule is COCCOCc1nc(C(C)C)n[nH]1. The van der Waals surface area contributed by atoms with Gasteiger partial charge in [-0.05, 0) is 0 Å². The van der Waals surface area contributed by atoms with Crippen LogP contribution in [0.1, 0.15) is 31.4 Å². The second-order valence-corrected chi connectivity index (χ2v) is 3.34. The highest BCUT2D eigenvalue weighted by atomic mass is 16.5. The third-order valence-electron chi connectivity index (χ3n) is 1.74. The zero-order chi connectivity index (χ0) is 10.4. The van der Waals surface area contributed by atoms with Crippen molar-refractivity contribution in [1.29, 1.82) is 0 Å². The number of hydrogen-bond donors (Lipinski definition) is 1. The number of aromatic nitrogens is 3. The van der Waals surface area contributed by atoms with Crippen LogP contribution in [-0.2, 0) is 16.1 Å². The Morgan fingerprint density at radius 1 is 1.36 bits per heavy atom. The summed E-state index contributed by atoms with van der Waals surface area (Å²) in [6.07, 6.45) is 0. The molecule has 0 fully saturated rings. The van der Waals surface area contributed by atoms with Crippen LogP contribution in [-0.4, -0.2) is 35.5 Å². The summed E-state index contributed by atoms with van der Waals surface area (Å²) >= 11 is 0.